The number of halogens is 1. The van der Waals surface area contributed by atoms with Crippen LogP contribution in [0.5, 0.6) is 11.5 Å². The number of rotatable bonds is 3. The average Bonchev–Trinajstić information content (AvgIpc) is 3.24. The number of nitrogens with one attached hydrogen (secondary N) is 1. The van der Waals surface area contributed by atoms with Crippen molar-refractivity contribution in [3.8, 4) is 22.9 Å². The summed E-state index contributed by atoms with van der Waals surface area (Å²) in [7, 11) is 0. The molecular weight excluding hydrogens is 292 g/mol. The zero-order valence-electron chi connectivity index (χ0n) is 11.1. The maximum atomic E-state index is 6.21. The van der Waals surface area contributed by atoms with Gasteiger partial charge in [0, 0.05) is 23.2 Å². The third-order valence-electron chi connectivity index (χ3n) is 3.57. The summed E-state index contributed by atoms with van der Waals surface area (Å²) in [6, 6.07) is 5.50. The van der Waals surface area contributed by atoms with Gasteiger partial charge in [-0.1, -0.05) is 11.6 Å². The minimum atomic E-state index is 0.178. The van der Waals surface area contributed by atoms with Crippen LogP contribution in [0.15, 0.2) is 18.2 Å². The van der Waals surface area contributed by atoms with Crippen LogP contribution in [-0.2, 0) is 0 Å². The van der Waals surface area contributed by atoms with Crippen LogP contribution < -0.4 is 20.7 Å². The third kappa shape index (κ3) is 2.26. The minimum absolute atomic E-state index is 0.178. The van der Waals surface area contributed by atoms with Crippen molar-refractivity contribution in [1.29, 1.82) is 0 Å². The Bertz CT molecular complexity index is 718. The van der Waals surface area contributed by atoms with E-state index in [1.807, 2.05) is 12.1 Å². The number of nitrogens with two attached hydrogens (primary N) is 1. The monoisotopic (exact) mass is 304 g/mol. The van der Waals surface area contributed by atoms with E-state index in [-0.39, 0.29) is 6.79 Å². The SMILES string of the molecule is NNc1cc(C2CC2)nc(-c2cc(Cl)c3c(c2)OCO3)n1. The van der Waals surface area contributed by atoms with E-state index >= 15 is 0 Å². The number of benzene rings is 1. The molecule has 0 saturated heterocycles. The number of nitrogen functional groups attached to an aromatic ring is 1. The molecule has 0 bridgehead atoms. The topological polar surface area (TPSA) is 82.3 Å². The average molecular weight is 305 g/mol. The van der Waals surface area contributed by atoms with E-state index in [1.165, 1.54) is 0 Å². The molecule has 0 atom stereocenters. The molecule has 0 radical (unpaired) electrons. The number of ether oxygens (including phenoxy) is 2. The summed E-state index contributed by atoms with van der Waals surface area (Å²) in [6.07, 6.45) is 2.31. The molecule has 1 aromatic carbocycles. The van der Waals surface area contributed by atoms with Crippen LogP contribution in [0.3, 0.4) is 0 Å². The number of nitrogens with zero attached hydrogens (tertiary/aromatic N) is 2. The van der Waals surface area contributed by atoms with Gasteiger partial charge in [0.2, 0.25) is 6.79 Å². The lowest BCUT2D eigenvalue weighted by Crippen LogP contribution is -2.10. The van der Waals surface area contributed by atoms with Crippen molar-refractivity contribution in [3.05, 3.63) is 28.9 Å². The normalized spacial score (nSPS) is 16.1. The molecule has 4 rings (SSSR count). The second-order valence-electron chi connectivity index (χ2n) is 5.11. The number of hydrogen-bond acceptors (Lipinski definition) is 6. The van der Waals surface area contributed by atoms with Crippen molar-refractivity contribution in [2.75, 3.05) is 12.2 Å². The number of anilines is 1. The lowest BCUT2D eigenvalue weighted by Gasteiger charge is -2.08. The Labute approximate surface area is 126 Å². The molecule has 3 N–H and O–H groups in total. The van der Waals surface area contributed by atoms with Crippen molar-refractivity contribution < 1.29 is 9.47 Å². The van der Waals surface area contributed by atoms with Crippen LogP contribution in [-0.4, -0.2) is 16.8 Å². The van der Waals surface area contributed by atoms with E-state index in [0.717, 1.165) is 24.1 Å². The Kier molecular flexibility index (Phi) is 2.87. The predicted molar refractivity (Wildman–Crippen MR) is 78.4 cm³/mol. The summed E-state index contributed by atoms with van der Waals surface area (Å²) in [5.41, 5.74) is 4.37. The smallest absolute Gasteiger partial charge is 0.231 e. The Hall–Kier alpha value is -2.05. The molecule has 1 saturated carbocycles. The van der Waals surface area contributed by atoms with Crippen molar-refractivity contribution in [1.82, 2.24) is 9.97 Å². The van der Waals surface area contributed by atoms with Gasteiger partial charge >= 0.3 is 0 Å². The molecule has 21 heavy (non-hydrogen) atoms. The molecule has 1 aliphatic carbocycles. The number of hydrogen-bond donors (Lipinski definition) is 2. The molecule has 2 aliphatic rings. The summed E-state index contributed by atoms with van der Waals surface area (Å²) < 4.78 is 10.7. The first-order valence-corrected chi connectivity index (χ1v) is 7.07. The van der Waals surface area contributed by atoms with E-state index in [1.54, 1.807) is 6.07 Å². The van der Waals surface area contributed by atoms with Crippen LogP contribution in [0.4, 0.5) is 5.82 Å². The fourth-order valence-electron chi connectivity index (χ4n) is 2.35. The first-order chi connectivity index (χ1) is 10.2. The summed E-state index contributed by atoms with van der Waals surface area (Å²) in [5.74, 6) is 8.35. The Morgan fingerprint density at radius 1 is 1.19 bits per heavy atom. The zero-order chi connectivity index (χ0) is 14.4. The Morgan fingerprint density at radius 3 is 2.81 bits per heavy atom. The zero-order valence-corrected chi connectivity index (χ0v) is 11.9. The van der Waals surface area contributed by atoms with Gasteiger partial charge in [0.25, 0.3) is 0 Å². The summed E-state index contributed by atoms with van der Waals surface area (Å²) in [5, 5.41) is 0.489. The van der Waals surface area contributed by atoms with Crippen LogP contribution in [0.2, 0.25) is 5.02 Å². The van der Waals surface area contributed by atoms with Gasteiger partial charge in [0.1, 0.15) is 5.82 Å². The molecule has 1 fully saturated rings. The number of aromatic nitrogens is 2. The van der Waals surface area contributed by atoms with Crippen molar-refractivity contribution >= 4 is 17.4 Å². The van der Waals surface area contributed by atoms with Gasteiger partial charge in [-0.25, -0.2) is 15.8 Å². The first-order valence-electron chi connectivity index (χ1n) is 6.69. The van der Waals surface area contributed by atoms with Crippen LogP contribution in [0.25, 0.3) is 11.4 Å². The standard InChI is InChI=1S/C14H13ClN4O2/c15-9-3-8(4-11-13(9)21-6-20-11)14-17-10(7-1-2-7)5-12(18-14)19-16/h3-5,7H,1-2,6,16H2,(H,17,18,19). The highest BCUT2D eigenvalue weighted by Crippen LogP contribution is 2.43. The van der Waals surface area contributed by atoms with Gasteiger partial charge in [-0.05, 0) is 25.0 Å². The molecule has 0 unspecified atom stereocenters. The Morgan fingerprint density at radius 2 is 2.05 bits per heavy atom. The summed E-state index contributed by atoms with van der Waals surface area (Å²) >= 11 is 6.21. The molecule has 7 heteroatoms. The third-order valence-corrected chi connectivity index (χ3v) is 3.86. The molecule has 1 aromatic heterocycles. The van der Waals surface area contributed by atoms with Gasteiger partial charge < -0.3 is 14.9 Å². The minimum Gasteiger partial charge on any atom is -0.454 e. The second-order valence-corrected chi connectivity index (χ2v) is 5.52. The molecule has 2 aromatic rings. The van der Waals surface area contributed by atoms with Gasteiger partial charge in [-0.2, -0.15) is 0 Å². The van der Waals surface area contributed by atoms with Gasteiger partial charge in [0.05, 0.1) is 5.02 Å². The molecule has 1 aliphatic heterocycles. The van der Waals surface area contributed by atoms with Crippen molar-refractivity contribution in [3.63, 3.8) is 0 Å². The number of hydrazine groups is 1. The van der Waals surface area contributed by atoms with E-state index < -0.39 is 0 Å². The summed E-state index contributed by atoms with van der Waals surface area (Å²) in [4.78, 5) is 9.02. The van der Waals surface area contributed by atoms with E-state index in [2.05, 4.69) is 15.4 Å². The molecule has 0 amide bonds. The second kappa shape index (κ2) is 4.75. The van der Waals surface area contributed by atoms with Gasteiger partial charge in [-0.15, -0.1) is 0 Å². The number of fused-ring (bicyclic) bond motifs is 1. The van der Waals surface area contributed by atoms with Crippen LogP contribution in [0.1, 0.15) is 24.5 Å². The molecule has 2 heterocycles. The highest BCUT2D eigenvalue weighted by Gasteiger charge is 2.27. The molecule has 6 nitrogen and oxygen atoms in total. The first kappa shape index (κ1) is 12.7. The van der Waals surface area contributed by atoms with Crippen molar-refractivity contribution in [2.45, 2.75) is 18.8 Å². The van der Waals surface area contributed by atoms with Crippen molar-refractivity contribution in [2.24, 2.45) is 5.84 Å². The lowest BCUT2D eigenvalue weighted by atomic mass is 10.1. The molecular formula is C14H13ClN4O2. The summed E-state index contributed by atoms with van der Waals surface area (Å²) in [6.45, 7) is 0.178. The maximum Gasteiger partial charge on any atom is 0.231 e. The Balaban J connectivity index is 1.82. The fourth-order valence-corrected chi connectivity index (χ4v) is 2.62. The maximum absolute atomic E-state index is 6.21. The molecule has 108 valence electrons. The largest absolute Gasteiger partial charge is 0.454 e. The fraction of sp³-hybridized carbons (Fsp3) is 0.286. The highest BCUT2D eigenvalue weighted by molar-refractivity contribution is 6.32. The van der Waals surface area contributed by atoms with Crippen LogP contribution in [0, 0.1) is 0 Å². The predicted octanol–water partition coefficient (Wildman–Crippen LogP) is 2.69. The van der Waals surface area contributed by atoms with Gasteiger partial charge in [0.15, 0.2) is 17.3 Å². The van der Waals surface area contributed by atoms with E-state index in [9.17, 15) is 0 Å². The lowest BCUT2D eigenvalue weighted by molar-refractivity contribution is 0.174. The molecule has 0 spiro atoms. The van der Waals surface area contributed by atoms with E-state index in [4.69, 9.17) is 26.9 Å². The highest BCUT2D eigenvalue weighted by atomic mass is 35.5. The van der Waals surface area contributed by atoms with Crippen LogP contribution >= 0.6 is 11.6 Å². The van der Waals surface area contributed by atoms with Gasteiger partial charge in [-0.3, -0.25) is 0 Å². The quantitative estimate of drug-likeness (QED) is 0.670. The van der Waals surface area contributed by atoms with E-state index in [0.29, 0.717) is 34.1 Å².